The van der Waals surface area contributed by atoms with Crippen LogP contribution in [0.1, 0.15) is 12.8 Å². The molecule has 0 aliphatic carbocycles. The average Bonchev–Trinajstić information content (AvgIpc) is 2.16. The second-order valence-corrected chi connectivity index (χ2v) is 4.44. The molecule has 3 aliphatic rings. The summed E-state index contributed by atoms with van der Waals surface area (Å²) < 4.78 is 0. The highest BCUT2D eigenvalue weighted by atomic mass is 15.1. The van der Waals surface area contributed by atoms with Gasteiger partial charge in [0.1, 0.15) is 0 Å². The predicted octanol–water partition coefficient (Wildman–Crippen LogP) is 1.20. The van der Waals surface area contributed by atoms with E-state index in [-0.39, 0.29) is 0 Å². The van der Waals surface area contributed by atoms with Crippen LogP contribution in [-0.4, -0.2) is 49.6 Å². The lowest BCUT2D eigenvalue weighted by atomic mass is 9.96. The third-order valence-corrected chi connectivity index (χ3v) is 3.22. The molecule has 3 rings (SSSR count). The fraction of sp³-hybridized carbons (Fsp3) is 0.818. The third-order valence-electron chi connectivity index (χ3n) is 3.22. The molecule has 0 atom stereocenters. The van der Waals surface area contributed by atoms with Crippen molar-refractivity contribution in [3.8, 4) is 0 Å². The van der Waals surface area contributed by atoms with Gasteiger partial charge in [-0.2, -0.15) is 0 Å². The van der Waals surface area contributed by atoms with Crippen molar-refractivity contribution in [1.29, 1.82) is 0 Å². The van der Waals surface area contributed by atoms with Crippen molar-refractivity contribution in [1.82, 2.24) is 9.80 Å². The van der Waals surface area contributed by atoms with E-state index in [4.69, 9.17) is 0 Å². The molecule has 0 radical (unpaired) electrons. The minimum Gasteiger partial charge on any atom is -0.302 e. The summed E-state index contributed by atoms with van der Waals surface area (Å²) in [6, 6.07) is 0. The largest absolute Gasteiger partial charge is 0.302 e. The number of piperidine rings is 1. The number of likely N-dealkylation sites (N-methyl/N-ethyl adjacent to an activating group) is 1. The van der Waals surface area contributed by atoms with Crippen molar-refractivity contribution in [2.75, 3.05) is 39.8 Å². The van der Waals surface area contributed by atoms with Gasteiger partial charge in [-0.15, -0.1) is 0 Å². The molecule has 0 N–H and O–H groups in total. The predicted molar refractivity (Wildman–Crippen MR) is 55.8 cm³/mol. The highest BCUT2D eigenvalue weighted by Crippen LogP contribution is 2.18. The summed E-state index contributed by atoms with van der Waals surface area (Å²) in [6.45, 7) is 6.20. The first-order valence-corrected chi connectivity index (χ1v) is 5.40. The number of hydrogen-bond donors (Lipinski definition) is 0. The summed E-state index contributed by atoms with van der Waals surface area (Å²) >= 11 is 0. The minimum absolute atomic E-state index is 0.952. The number of rotatable bonds is 0. The van der Waals surface area contributed by atoms with E-state index in [1.165, 1.54) is 39.0 Å². The molecule has 0 saturated carbocycles. The van der Waals surface area contributed by atoms with Gasteiger partial charge in [0.05, 0.1) is 0 Å². The van der Waals surface area contributed by atoms with Gasteiger partial charge in [0.15, 0.2) is 0 Å². The molecule has 2 heteroatoms. The lowest BCUT2D eigenvalue weighted by Gasteiger charge is -2.34. The van der Waals surface area contributed by atoms with Gasteiger partial charge in [0, 0.05) is 19.6 Å². The van der Waals surface area contributed by atoms with Gasteiger partial charge in [-0.3, -0.25) is 4.90 Å². The molecule has 0 aromatic rings. The Morgan fingerprint density at radius 2 is 1.77 bits per heavy atom. The fourth-order valence-electron chi connectivity index (χ4n) is 2.34. The monoisotopic (exact) mass is 180 g/mol. The molecule has 3 aliphatic heterocycles. The summed E-state index contributed by atoms with van der Waals surface area (Å²) in [7, 11) is 2.23. The van der Waals surface area contributed by atoms with E-state index in [1.807, 2.05) is 0 Å². The highest BCUT2D eigenvalue weighted by molar-refractivity contribution is 4.90. The molecule has 2 bridgehead atoms. The van der Waals surface area contributed by atoms with Crippen LogP contribution >= 0.6 is 0 Å². The standard InChI is InChI=1S/C11H20N2/c1-12-6-2-3-7-13-8-4-11(10-12)5-9-13/h2-3,11H,4-10H2,1H3/b3-2-. The maximum atomic E-state index is 2.57. The van der Waals surface area contributed by atoms with E-state index >= 15 is 0 Å². The zero-order valence-electron chi connectivity index (χ0n) is 8.58. The normalized spacial score (nSPS) is 38.8. The number of nitrogens with zero attached hydrogens (tertiary/aromatic N) is 2. The van der Waals surface area contributed by atoms with Crippen LogP contribution in [0.4, 0.5) is 0 Å². The minimum atomic E-state index is 0.952. The molecule has 1 saturated heterocycles. The summed E-state index contributed by atoms with van der Waals surface area (Å²) in [5.41, 5.74) is 0. The molecule has 0 amide bonds. The van der Waals surface area contributed by atoms with Crippen LogP contribution in [0.25, 0.3) is 0 Å². The smallest absolute Gasteiger partial charge is 0.0163 e. The molecule has 0 aromatic carbocycles. The topological polar surface area (TPSA) is 6.48 Å². The van der Waals surface area contributed by atoms with Gasteiger partial charge in [-0.05, 0) is 38.9 Å². The summed E-state index contributed by atoms with van der Waals surface area (Å²) in [5, 5.41) is 0. The Labute approximate surface area is 81.2 Å². The van der Waals surface area contributed by atoms with Gasteiger partial charge < -0.3 is 4.90 Å². The molecule has 1 fully saturated rings. The van der Waals surface area contributed by atoms with E-state index < -0.39 is 0 Å². The molecule has 0 aromatic heterocycles. The molecule has 2 nitrogen and oxygen atoms in total. The van der Waals surface area contributed by atoms with Crippen LogP contribution in [0.2, 0.25) is 0 Å². The Hall–Kier alpha value is -0.340. The SMILES string of the molecule is CN1C/C=C\CN2CCC(CC2)C1. The third kappa shape index (κ3) is 2.55. The van der Waals surface area contributed by atoms with Gasteiger partial charge in [0.2, 0.25) is 0 Å². The average molecular weight is 180 g/mol. The van der Waals surface area contributed by atoms with Gasteiger partial charge in [-0.1, -0.05) is 12.2 Å². The van der Waals surface area contributed by atoms with Gasteiger partial charge in [-0.25, -0.2) is 0 Å². The van der Waals surface area contributed by atoms with Crippen molar-refractivity contribution in [3.05, 3.63) is 12.2 Å². The van der Waals surface area contributed by atoms with E-state index in [1.54, 1.807) is 0 Å². The van der Waals surface area contributed by atoms with Crippen molar-refractivity contribution in [2.45, 2.75) is 12.8 Å². The maximum Gasteiger partial charge on any atom is 0.0163 e. The van der Waals surface area contributed by atoms with E-state index in [9.17, 15) is 0 Å². The lowest BCUT2D eigenvalue weighted by Crippen LogP contribution is -2.38. The van der Waals surface area contributed by atoms with Crippen molar-refractivity contribution in [3.63, 3.8) is 0 Å². The summed E-state index contributed by atoms with van der Waals surface area (Å²) in [5.74, 6) is 0.952. The van der Waals surface area contributed by atoms with E-state index in [2.05, 4.69) is 29.0 Å². The Morgan fingerprint density at radius 1 is 1.08 bits per heavy atom. The van der Waals surface area contributed by atoms with E-state index in [0.717, 1.165) is 12.5 Å². The highest BCUT2D eigenvalue weighted by Gasteiger charge is 2.19. The second-order valence-electron chi connectivity index (χ2n) is 4.44. The summed E-state index contributed by atoms with van der Waals surface area (Å²) in [4.78, 5) is 5.01. The zero-order chi connectivity index (χ0) is 9.10. The first kappa shape index (κ1) is 9.22. The number of hydrogen-bond acceptors (Lipinski definition) is 2. The molecule has 13 heavy (non-hydrogen) atoms. The zero-order valence-corrected chi connectivity index (χ0v) is 8.58. The van der Waals surface area contributed by atoms with Crippen molar-refractivity contribution >= 4 is 0 Å². The van der Waals surface area contributed by atoms with Crippen LogP contribution in [0.3, 0.4) is 0 Å². The summed E-state index contributed by atoms with van der Waals surface area (Å²) in [6.07, 6.45) is 7.43. The lowest BCUT2D eigenvalue weighted by molar-refractivity contribution is 0.166. The number of fused-ring (bicyclic) bond motifs is 6. The molecule has 0 unspecified atom stereocenters. The van der Waals surface area contributed by atoms with Crippen LogP contribution in [-0.2, 0) is 0 Å². The van der Waals surface area contributed by atoms with Crippen LogP contribution < -0.4 is 0 Å². The van der Waals surface area contributed by atoms with Gasteiger partial charge >= 0.3 is 0 Å². The first-order chi connectivity index (χ1) is 6.34. The Kier molecular flexibility index (Phi) is 3.01. The first-order valence-electron chi connectivity index (χ1n) is 5.40. The molecular formula is C11H20N2. The maximum absolute atomic E-state index is 2.57. The Balaban J connectivity index is 1.99. The Morgan fingerprint density at radius 3 is 2.54 bits per heavy atom. The van der Waals surface area contributed by atoms with Crippen LogP contribution in [0.5, 0.6) is 0 Å². The molecule has 3 heterocycles. The molecule has 0 spiro atoms. The fourth-order valence-corrected chi connectivity index (χ4v) is 2.34. The van der Waals surface area contributed by atoms with Crippen LogP contribution in [0.15, 0.2) is 12.2 Å². The van der Waals surface area contributed by atoms with Crippen molar-refractivity contribution < 1.29 is 0 Å². The van der Waals surface area contributed by atoms with E-state index in [0.29, 0.717) is 0 Å². The van der Waals surface area contributed by atoms with Crippen molar-refractivity contribution in [2.24, 2.45) is 5.92 Å². The van der Waals surface area contributed by atoms with Gasteiger partial charge in [0.25, 0.3) is 0 Å². The molecular weight excluding hydrogens is 160 g/mol. The second kappa shape index (κ2) is 4.25. The van der Waals surface area contributed by atoms with Crippen LogP contribution in [0, 0.1) is 5.92 Å². The quantitative estimate of drug-likeness (QED) is 0.517. The Bertz CT molecular complexity index is 181. The molecule has 74 valence electrons.